The van der Waals surface area contributed by atoms with Crippen molar-refractivity contribution in [1.82, 2.24) is 10.2 Å². The van der Waals surface area contributed by atoms with Gasteiger partial charge in [-0.3, -0.25) is 9.69 Å². The SMILES string of the molecule is O=C(O)C1CNCCN1C(c1ccccc1)C(F)(F)F. The van der Waals surface area contributed by atoms with Crippen molar-refractivity contribution >= 4 is 5.97 Å². The first-order valence-electron chi connectivity index (χ1n) is 6.22. The van der Waals surface area contributed by atoms with Crippen molar-refractivity contribution in [3.8, 4) is 0 Å². The highest BCUT2D eigenvalue weighted by molar-refractivity contribution is 5.74. The number of carboxylic acid groups (broad SMARTS) is 1. The number of carboxylic acids is 1. The summed E-state index contributed by atoms with van der Waals surface area (Å²) in [5, 5.41) is 11.9. The number of benzene rings is 1. The number of rotatable bonds is 3. The van der Waals surface area contributed by atoms with Crippen molar-refractivity contribution in [1.29, 1.82) is 0 Å². The zero-order valence-electron chi connectivity index (χ0n) is 10.6. The molecule has 1 aliphatic heterocycles. The van der Waals surface area contributed by atoms with E-state index in [1.54, 1.807) is 6.07 Å². The molecule has 20 heavy (non-hydrogen) atoms. The quantitative estimate of drug-likeness (QED) is 0.888. The Morgan fingerprint density at radius 2 is 2.00 bits per heavy atom. The standard InChI is InChI=1S/C13H15F3N2O2/c14-13(15,16)11(9-4-2-1-3-5-9)18-7-6-17-8-10(18)12(19)20/h1-5,10-11,17H,6-8H2,(H,19,20). The number of nitrogens with zero attached hydrogens (tertiary/aromatic N) is 1. The van der Waals surface area contributed by atoms with Crippen LogP contribution in [0, 0.1) is 0 Å². The lowest BCUT2D eigenvalue weighted by Crippen LogP contribution is -2.58. The second-order valence-electron chi connectivity index (χ2n) is 4.65. The van der Waals surface area contributed by atoms with Crippen molar-refractivity contribution in [2.24, 2.45) is 0 Å². The van der Waals surface area contributed by atoms with Gasteiger partial charge in [0.05, 0.1) is 0 Å². The summed E-state index contributed by atoms with van der Waals surface area (Å²) in [6, 6.07) is 4.34. The Morgan fingerprint density at radius 1 is 1.35 bits per heavy atom. The highest BCUT2D eigenvalue weighted by Gasteiger charge is 2.48. The summed E-state index contributed by atoms with van der Waals surface area (Å²) in [5.41, 5.74) is 0.0631. The number of aliphatic carboxylic acids is 1. The third-order valence-electron chi connectivity index (χ3n) is 3.33. The van der Waals surface area contributed by atoms with Crippen LogP contribution in [-0.4, -0.2) is 47.8 Å². The van der Waals surface area contributed by atoms with Crippen LogP contribution in [-0.2, 0) is 4.79 Å². The zero-order valence-corrected chi connectivity index (χ0v) is 10.6. The molecule has 0 aromatic heterocycles. The summed E-state index contributed by atoms with van der Waals surface area (Å²) in [6.07, 6.45) is -4.52. The van der Waals surface area contributed by atoms with Gasteiger partial charge in [0.15, 0.2) is 0 Å². The predicted molar refractivity (Wildman–Crippen MR) is 66.2 cm³/mol. The van der Waals surface area contributed by atoms with Gasteiger partial charge in [-0.1, -0.05) is 30.3 Å². The third kappa shape index (κ3) is 3.10. The summed E-state index contributed by atoms with van der Waals surface area (Å²) in [7, 11) is 0. The van der Waals surface area contributed by atoms with E-state index in [1.807, 2.05) is 0 Å². The molecule has 1 heterocycles. The fraction of sp³-hybridized carbons (Fsp3) is 0.462. The monoisotopic (exact) mass is 288 g/mol. The van der Waals surface area contributed by atoms with E-state index in [1.165, 1.54) is 24.3 Å². The number of piperazine rings is 1. The molecular formula is C13H15F3N2O2. The van der Waals surface area contributed by atoms with E-state index in [4.69, 9.17) is 5.11 Å². The van der Waals surface area contributed by atoms with E-state index < -0.39 is 24.2 Å². The summed E-state index contributed by atoms with van der Waals surface area (Å²) in [5.74, 6) is -1.25. The number of alkyl halides is 3. The minimum absolute atomic E-state index is 0.00868. The van der Waals surface area contributed by atoms with Crippen LogP contribution in [0.5, 0.6) is 0 Å². The van der Waals surface area contributed by atoms with Gasteiger partial charge in [-0.15, -0.1) is 0 Å². The molecule has 2 rings (SSSR count). The number of hydrogen-bond donors (Lipinski definition) is 2. The first kappa shape index (κ1) is 14.8. The smallest absolute Gasteiger partial charge is 0.408 e. The van der Waals surface area contributed by atoms with E-state index in [9.17, 15) is 18.0 Å². The summed E-state index contributed by atoms with van der Waals surface area (Å²) in [4.78, 5) is 12.2. The van der Waals surface area contributed by atoms with Gasteiger partial charge in [0, 0.05) is 19.6 Å². The van der Waals surface area contributed by atoms with Gasteiger partial charge in [-0.05, 0) is 5.56 Å². The zero-order chi connectivity index (χ0) is 14.8. The van der Waals surface area contributed by atoms with Gasteiger partial charge in [-0.25, -0.2) is 0 Å². The van der Waals surface area contributed by atoms with Gasteiger partial charge in [0.25, 0.3) is 0 Å². The highest BCUT2D eigenvalue weighted by Crippen LogP contribution is 2.38. The first-order valence-corrected chi connectivity index (χ1v) is 6.22. The Labute approximate surface area is 114 Å². The number of halogens is 3. The van der Waals surface area contributed by atoms with Gasteiger partial charge in [0.1, 0.15) is 12.1 Å². The van der Waals surface area contributed by atoms with Gasteiger partial charge >= 0.3 is 12.1 Å². The lowest BCUT2D eigenvalue weighted by atomic mass is 10.0. The molecule has 1 fully saturated rings. The van der Waals surface area contributed by atoms with E-state index in [2.05, 4.69) is 5.32 Å². The molecule has 0 amide bonds. The molecule has 4 nitrogen and oxygen atoms in total. The number of carbonyl (C=O) groups is 1. The molecule has 1 saturated heterocycles. The van der Waals surface area contributed by atoms with Crippen molar-refractivity contribution in [3.63, 3.8) is 0 Å². The van der Waals surface area contributed by atoms with E-state index >= 15 is 0 Å². The molecule has 2 unspecified atom stereocenters. The maximum atomic E-state index is 13.4. The summed E-state index contributed by atoms with van der Waals surface area (Å²) >= 11 is 0. The van der Waals surface area contributed by atoms with Crippen LogP contribution >= 0.6 is 0 Å². The van der Waals surface area contributed by atoms with Crippen molar-refractivity contribution in [2.75, 3.05) is 19.6 Å². The Kier molecular flexibility index (Phi) is 4.29. The molecule has 110 valence electrons. The fourth-order valence-electron chi connectivity index (χ4n) is 2.46. The molecule has 2 N–H and O–H groups in total. The molecule has 2 atom stereocenters. The number of nitrogens with one attached hydrogen (secondary N) is 1. The van der Waals surface area contributed by atoms with Gasteiger partial charge < -0.3 is 10.4 Å². The molecule has 0 bridgehead atoms. The maximum absolute atomic E-state index is 13.4. The molecule has 7 heteroatoms. The van der Waals surface area contributed by atoms with Crippen LogP contribution in [0.4, 0.5) is 13.2 Å². The van der Waals surface area contributed by atoms with Crippen molar-refractivity contribution in [2.45, 2.75) is 18.3 Å². The van der Waals surface area contributed by atoms with Crippen LogP contribution in [0.1, 0.15) is 11.6 Å². The topological polar surface area (TPSA) is 52.6 Å². The second-order valence-corrected chi connectivity index (χ2v) is 4.65. The lowest BCUT2D eigenvalue weighted by molar-refractivity contribution is -0.197. The molecule has 0 spiro atoms. The lowest BCUT2D eigenvalue weighted by Gasteiger charge is -2.40. The second kappa shape index (κ2) is 5.80. The molecule has 0 aliphatic carbocycles. The fourth-order valence-corrected chi connectivity index (χ4v) is 2.46. The van der Waals surface area contributed by atoms with E-state index in [0.29, 0.717) is 6.54 Å². The molecule has 1 aromatic rings. The summed E-state index contributed by atoms with van der Waals surface area (Å²) in [6.45, 7) is 0.383. The molecule has 1 aliphatic rings. The van der Waals surface area contributed by atoms with Crippen molar-refractivity contribution in [3.05, 3.63) is 35.9 Å². The third-order valence-corrected chi connectivity index (χ3v) is 3.33. The predicted octanol–water partition coefficient (Wildman–Crippen LogP) is 1.65. The normalized spacial score (nSPS) is 22.4. The average molecular weight is 288 g/mol. The minimum atomic E-state index is -4.52. The number of hydrogen-bond acceptors (Lipinski definition) is 3. The Balaban J connectivity index is 2.38. The van der Waals surface area contributed by atoms with Gasteiger partial charge in [-0.2, -0.15) is 13.2 Å². The van der Waals surface area contributed by atoms with Gasteiger partial charge in [0.2, 0.25) is 0 Å². The van der Waals surface area contributed by atoms with E-state index in [-0.39, 0.29) is 18.7 Å². The highest BCUT2D eigenvalue weighted by atomic mass is 19.4. The Morgan fingerprint density at radius 3 is 2.55 bits per heavy atom. The first-order chi connectivity index (χ1) is 9.41. The molecule has 1 aromatic carbocycles. The maximum Gasteiger partial charge on any atom is 0.408 e. The Hall–Kier alpha value is -1.60. The van der Waals surface area contributed by atoms with Crippen LogP contribution in [0.15, 0.2) is 30.3 Å². The Bertz CT molecular complexity index is 464. The van der Waals surface area contributed by atoms with Crippen LogP contribution in [0.3, 0.4) is 0 Å². The molecule has 0 radical (unpaired) electrons. The molecule has 0 saturated carbocycles. The largest absolute Gasteiger partial charge is 0.480 e. The van der Waals surface area contributed by atoms with Crippen LogP contribution in [0.25, 0.3) is 0 Å². The van der Waals surface area contributed by atoms with Crippen LogP contribution in [0.2, 0.25) is 0 Å². The van der Waals surface area contributed by atoms with Crippen molar-refractivity contribution < 1.29 is 23.1 Å². The van der Waals surface area contributed by atoms with E-state index in [0.717, 1.165) is 4.90 Å². The average Bonchev–Trinajstić information content (AvgIpc) is 2.39. The minimum Gasteiger partial charge on any atom is -0.480 e. The summed E-state index contributed by atoms with van der Waals surface area (Å²) < 4.78 is 40.1. The van der Waals surface area contributed by atoms with Crippen LogP contribution < -0.4 is 5.32 Å². The molecular weight excluding hydrogens is 273 g/mol.